The molecule has 8 heteroatoms. The number of rotatable bonds is 9. The number of aromatic nitrogens is 1. The van der Waals surface area contributed by atoms with Crippen LogP contribution in [0.3, 0.4) is 0 Å². The molecule has 0 spiro atoms. The Morgan fingerprint density at radius 3 is 2.45 bits per heavy atom. The number of hydrogen-bond donors (Lipinski definition) is 1. The number of sulfonamides is 1. The quantitative estimate of drug-likeness (QED) is 0.485. The summed E-state index contributed by atoms with van der Waals surface area (Å²) in [6.07, 6.45) is 4.87. The number of amides is 1. The molecule has 0 saturated carbocycles. The summed E-state index contributed by atoms with van der Waals surface area (Å²) in [7, 11) is -2.26. The molecule has 0 atom stereocenters. The molecule has 1 aromatic heterocycles. The highest BCUT2D eigenvalue weighted by atomic mass is 35.5. The van der Waals surface area contributed by atoms with Gasteiger partial charge in [0.05, 0.1) is 10.6 Å². The topological polar surface area (TPSA) is 79.4 Å². The molecule has 1 N–H and O–H groups in total. The van der Waals surface area contributed by atoms with Gasteiger partial charge in [0.1, 0.15) is 0 Å². The SMILES string of the molecule is Cc1cc(S(=O)(=O)N(C)c2ccccc2CCC(=O)NCCc2ccncc2)c(C)cc1Cl. The zero-order chi connectivity index (χ0) is 24.0. The molecule has 0 saturated heterocycles. The fourth-order valence-corrected chi connectivity index (χ4v) is 5.31. The lowest BCUT2D eigenvalue weighted by molar-refractivity contribution is -0.121. The van der Waals surface area contributed by atoms with Crippen molar-refractivity contribution in [1.29, 1.82) is 0 Å². The second kappa shape index (κ2) is 10.8. The van der Waals surface area contributed by atoms with Gasteiger partial charge >= 0.3 is 0 Å². The lowest BCUT2D eigenvalue weighted by Gasteiger charge is -2.23. The van der Waals surface area contributed by atoms with Crippen molar-refractivity contribution in [2.45, 2.75) is 38.0 Å². The zero-order valence-electron chi connectivity index (χ0n) is 19.0. The second-order valence-electron chi connectivity index (χ2n) is 7.92. The van der Waals surface area contributed by atoms with Gasteiger partial charge in [-0.25, -0.2) is 8.42 Å². The first-order chi connectivity index (χ1) is 15.7. The molecule has 0 aliphatic heterocycles. The molecule has 3 rings (SSSR count). The van der Waals surface area contributed by atoms with E-state index in [0.29, 0.717) is 34.8 Å². The van der Waals surface area contributed by atoms with Crippen LogP contribution in [0.25, 0.3) is 0 Å². The first-order valence-corrected chi connectivity index (χ1v) is 12.5. The largest absolute Gasteiger partial charge is 0.356 e. The van der Waals surface area contributed by atoms with Crippen LogP contribution in [-0.4, -0.2) is 32.9 Å². The fourth-order valence-electron chi connectivity index (χ4n) is 3.57. The van der Waals surface area contributed by atoms with Crippen molar-refractivity contribution in [2.75, 3.05) is 17.9 Å². The summed E-state index contributed by atoms with van der Waals surface area (Å²) in [5.41, 5.74) is 3.73. The summed E-state index contributed by atoms with van der Waals surface area (Å²) >= 11 is 6.15. The first-order valence-electron chi connectivity index (χ1n) is 10.7. The van der Waals surface area contributed by atoms with E-state index in [4.69, 9.17) is 11.6 Å². The maximum absolute atomic E-state index is 13.4. The molecular weight excluding hydrogens is 458 g/mol. The van der Waals surface area contributed by atoms with E-state index in [0.717, 1.165) is 17.5 Å². The molecule has 174 valence electrons. The van der Waals surface area contributed by atoms with Crippen LogP contribution < -0.4 is 9.62 Å². The van der Waals surface area contributed by atoms with Crippen LogP contribution in [0.1, 0.15) is 28.7 Å². The van der Waals surface area contributed by atoms with Crippen LogP contribution in [0.2, 0.25) is 5.02 Å². The third kappa shape index (κ3) is 6.12. The number of carbonyl (C=O) groups excluding carboxylic acids is 1. The number of anilines is 1. The van der Waals surface area contributed by atoms with E-state index in [9.17, 15) is 13.2 Å². The van der Waals surface area contributed by atoms with Crippen molar-refractivity contribution >= 4 is 33.2 Å². The molecule has 1 heterocycles. The van der Waals surface area contributed by atoms with Gasteiger partial charge in [0.15, 0.2) is 0 Å². The molecule has 1 amide bonds. The molecule has 0 fully saturated rings. The zero-order valence-corrected chi connectivity index (χ0v) is 20.6. The molecule has 0 aliphatic carbocycles. The summed E-state index contributed by atoms with van der Waals surface area (Å²) in [6.45, 7) is 4.05. The number of nitrogens with zero attached hydrogens (tertiary/aromatic N) is 2. The lowest BCUT2D eigenvalue weighted by atomic mass is 10.1. The van der Waals surface area contributed by atoms with Crippen LogP contribution in [0, 0.1) is 13.8 Å². The minimum absolute atomic E-state index is 0.0754. The number of pyridine rings is 1. The predicted molar refractivity (Wildman–Crippen MR) is 132 cm³/mol. The van der Waals surface area contributed by atoms with E-state index in [1.165, 1.54) is 11.4 Å². The number of halogens is 1. The van der Waals surface area contributed by atoms with E-state index in [1.807, 2.05) is 24.3 Å². The molecule has 2 aromatic carbocycles. The van der Waals surface area contributed by atoms with Crippen molar-refractivity contribution in [3.8, 4) is 0 Å². The highest BCUT2D eigenvalue weighted by Crippen LogP contribution is 2.30. The minimum atomic E-state index is -3.80. The number of para-hydroxylation sites is 1. The predicted octanol–water partition coefficient (Wildman–Crippen LogP) is 4.47. The Balaban J connectivity index is 1.69. The molecule has 33 heavy (non-hydrogen) atoms. The van der Waals surface area contributed by atoms with Crippen molar-refractivity contribution in [1.82, 2.24) is 10.3 Å². The number of carbonyl (C=O) groups is 1. The van der Waals surface area contributed by atoms with Crippen molar-refractivity contribution < 1.29 is 13.2 Å². The maximum Gasteiger partial charge on any atom is 0.264 e. The number of aryl methyl sites for hydroxylation is 3. The summed E-state index contributed by atoms with van der Waals surface area (Å²) in [5, 5.41) is 3.45. The highest BCUT2D eigenvalue weighted by Gasteiger charge is 2.25. The first kappa shape index (κ1) is 24.7. The van der Waals surface area contributed by atoms with Gasteiger partial charge in [0.2, 0.25) is 5.91 Å². The smallest absolute Gasteiger partial charge is 0.264 e. The molecule has 0 unspecified atom stereocenters. The van der Waals surface area contributed by atoms with E-state index >= 15 is 0 Å². The summed E-state index contributed by atoms with van der Waals surface area (Å²) in [4.78, 5) is 16.6. The van der Waals surface area contributed by atoms with Crippen LogP contribution in [0.4, 0.5) is 5.69 Å². The Kier molecular flexibility index (Phi) is 8.10. The van der Waals surface area contributed by atoms with Gasteiger partial charge in [0.25, 0.3) is 10.0 Å². The summed E-state index contributed by atoms with van der Waals surface area (Å²) in [6, 6.07) is 14.4. The second-order valence-corrected chi connectivity index (χ2v) is 10.3. The Hall–Kier alpha value is -2.90. The Morgan fingerprint density at radius 1 is 1.03 bits per heavy atom. The Bertz CT molecular complexity index is 1230. The van der Waals surface area contributed by atoms with Crippen LogP contribution in [0.5, 0.6) is 0 Å². The number of nitrogens with one attached hydrogen (secondary N) is 1. The standard InChI is InChI=1S/C25H28ClN3O3S/c1-18-17-24(19(2)16-22(18)26)33(31,32)29(3)23-7-5-4-6-21(23)8-9-25(30)28-15-12-20-10-13-27-14-11-20/h4-7,10-11,13-14,16-17H,8-9,12,15H2,1-3H3,(H,28,30). The van der Waals surface area contributed by atoms with Gasteiger partial charge in [0, 0.05) is 37.4 Å². The van der Waals surface area contributed by atoms with Gasteiger partial charge < -0.3 is 5.32 Å². The number of benzene rings is 2. The van der Waals surface area contributed by atoms with E-state index < -0.39 is 10.0 Å². The minimum Gasteiger partial charge on any atom is -0.356 e. The van der Waals surface area contributed by atoms with Gasteiger partial charge in [-0.15, -0.1) is 0 Å². The lowest BCUT2D eigenvalue weighted by Crippen LogP contribution is -2.29. The summed E-state index contributed by atoms with van der Waals surface area (Å²) in [5.74, 6) is -0.0754. The van der Waals surface area contributed by atoms with Crippen molar-refractivity contribution in [3.63, 3.8) is 0 Å². The molecular formula is C25H28ClN3O3S. The maximum atomic E-state index is 13.4. The van der Waals surface area contributed by atoms with Gasteiger partial charge in [-0.1, -0.05) is 29.8 Å². The average molecular weight is 486 g/mol. The van der Waals surface area contributed by atoms with Crippen LogP contribution in [0.15, 0.2) is 65.8 Å². The van der Waals surface area contributed by atoms with Gasteiger partial charge in [-0.3, -0.25) is 14.1 Å². The third-order valence-electron chi connectivity index (χ3n) is 5.53. The van der Waals surface area contributed by atoms with Gasteiger partial charge in [-0.2, -0.15) is 0 Å². The monoisotopic (exact) mass is 485 g/mol. The van der Waals surface area contributed by atoms with E-state index in [-0.39, 0.29) is 17.2 Å². The van der Waals surface area contributed by atoms with E-state index in [1.54, 1.807) is 50.5 Å². The molecule has 3 aromatic rings. The Morgan fingerprint density at radius 2 is 1.73 bits per heavy atom. The molecule has 0 bridgehead atoms. The molecule has 6 nitrogen and oxygen atoms in total. The highest BCUT2D eigenvalue weighted by molar-refractivity contribution is 7.92. The van der Waals surface area contributed by atoms with Crippen molar-refractivity contribution in [3.05, 3.63) is 88.2 Å². The third-order valence-corrected chi connectivity index (χ3v) is 7.85. The van der Waals surface area contributed by atoms with Crippen molar-refractivity contribution in [2.24, 2.45) is 0 Å². The van der Waals surface area contributed by atoms with Crippen LogP contribution in [-0.2, 0) is 27.7 Å². The Labute approximate surface area is 200 Å². The van der Waals surface area contributed by atoms with E-state index in [2.05, 4.69) is 10.3 Å². The van der Waals surface area contributed by atoms with Crippen LogP contribution >= 0.6 is 11.6 Å². The van der Waals surface area contributed by atoms with Gasteiger partial charge in [-0.05, 0) is 79.3 Å². The molecule has 0 aliphatic rings. The summed E-state index contributed by atoms with van der Waals surface area (Å²) < 4.78 is 28.0. The average Bonchev–Trinajstić information content (AvgIpc) is 2.80. The fraction of sp³-hybridized carbons (Fsp3) is 0.280. The number of hydrogen-bond acceptors (Lipinski definition) is 4. The molecule has 0 radical (unpaired) electrons. The normalized spacial score (nSPS) is 11.3.